The Kier molecular flexibility index (Phi) is 5.50. The van der Waals surface area contributed by atoms with Crippen LogP contribution in [0.3, 0.4) is 0 Å². The van der Waals surface area contributed by atoms with Crippen molar-refractivity contribution in [2.75, 3.05) is 19.1 Å². The van der Waals surface area contributed by atoms with Gasteiger partial charge in [-0.05, 0) is 19.9 Å². The Hall–Kier alpha value is -3.24. The molecule has 160 valence electrons. The van der Waals surface area contributed by atoms with E-state index in [0.717, 1.165) is 5.01 Å². The molecule has 0 fully saturated rings. The predicted molar refractivity (Wildman–Crippen MR) is 117 cm³/mol. The van der Waals surface area contributed by atoms with Gasteiger partial charge in [0.05, 0.1) is 35.4 Å². The number of rotatable bonds is 6. The number of para-hydroxylation sites is 1. The molecule has 1 aromatic carbocycles. The number of aliphatic hydroxyl groups is 1. The topological polar surface area (TPSA) is 102 Å². The standard InChI is InChI=1S/C21H19N3O5S2/c1-10-19(31-11(2)23-10)16(25)14-15(12-6-5-7-13(28-3)18(12)29-4)24(20(27)17(14)26)21-22-8-9-30-21/h5-9,15,26H,1-4H3. The maximum Gasteiger partial charge on any atom is 0.296 e. The number of carbonyl (C=O) groups is 2. The number of amides is 1. The van der Waals surface area contributed by atoms with Crippen LogP contribution in [-0.4, -0.2) is 41.0 Å². The fourth-order valence-electron chi connectivity index (χ4n) is 3.66. The molecule has 0 radical (unpaired) electrons. The van der Waals surface area contributed by atoms with E-state index in [1.165, 1.54) is 41.8 Å². The number of nitrogens with zero attached hydrogens (tertiary/aromatic N) is 3. The van der Waals surface area contributed by atoms with Crippen LogP contribution in [0.15, 0.2) is 41.1 Å². The molecule has 0 saturated carbocycles. The molecule has 3 aromatic rings. The summed E-state index contributed by atoms with van der Waals surface area (Å²) in [5, 5.41) is 13.6. The first kappa shape index (κ1) is 21.0. The number of Topliss-reactive ketones (excluding diaryl/α,β-unsaturated/α-hetero) is 1. The summed E-state index contributed by atoms with van der Waals surface area (Å²) in [6, 6.07) is 4.24. The summed E-state index contributed by atoms with van der Waals surface area (Å²) < 4.78 is 11.0. The van der Waals surface area contributed by atoms with Crippen molar-refractivity contribution in [3.05, 3.63) is 62.3 Å². The van der Waals surface area contributed by atoms with Crippen molar-refractivity contribution in [2.24, 2.45) is 0 Å². The molecule has 1 N–H and O–H groups in total. The lowest BCUT2D eigenvalue weighted by molar-refractivity contribution is -0.117. The lowest BCUT2D eigenvalue weighted by Gasteiger charge is -2.26. The molecule has 10 heteroatoms. The molecule has 1 atom stereocenters. The zero-order valence-corrected chi connectivity index (χ0v) is 18.8. The van der Waals surface area contributed by atoms with Crippen molar-refractivity contribution in [1.29, 1.82) is 0 Å². The second-order valence-electron chi connectivity index (χ2n) is 6.71. The van der Waals surface area contributed by atoms with Crippen LogP contribution in [0.1, 0.15) is 32.0 Å². The molecule has 31 heavy (non-hydrogen) atoms. The van der Waals surface area contributed by atoms with E-state index < -0.39 is 23.5 Å². The number of thiazole rings is 2. The van der Waals surface area contributed by atoms with E-state index in [-0.39, 0.29) is 5.57 Å². The molecule has 2 aromatic heterocycles. The number of methoxy groups -OCH3 is 2. The van der Waals surface area contributed by atoms with Crippen LogP contribution in [-0.2, 0) is 4.79 Å². The fraction of sp³-hybridized carbons (Fsp3) is 0.238. The smallest absolute Gasteiger partial charge is 0.296 e. The number of aliphatic hydroxyl groups excluding tert-OH is 1. The van der Waals surface area contributed by atoms with Crippen LogP contribution in [0, 0.1) is 13.8 Å². The number of aromatic nitrogens is 2. The number of carbonyl (C=O) groups excluding carboxylic acids is 2. The van der Waals surface area contributed by atoms with Gasteiger partial charge in [-0.15, -0.1) is 22.7 Å². The average molecular weight is 458 g/mol. The second-order valence-corrected chi connectivity index (χ2v) is 8.79. The van der Waals surface area contributed by atoms with E-state index in [0.29, 0.717) is 32.8 Å². The van der Waals surface area contributed by atoms with Crippen molar-refractivity contribution in [2.45, 2.75) is 19.9 Å². The highest BCUT2D eigenvalue weighted by molar-refractivity contribution is 7.14. The maximum atomic E-state index is 13.6. The third-order valence-electron chi connectivity index (χ3n) is 4.92. The number of ether oxygens (including phenoxy) is 2. The summed E-state index contributed by atoms with van der Waals surface area (Å²) in [7, 11) is 2.98. The minimum atomic E-state index is -0.946. The summed E-state index contributed by atoms with van der Waals surface area (Å²) >= 11 is 2.45. The summed E-state index contributed by atoms with van der Waals surface area (Å²) in [6.45, 7) is 3.53. The third-order valence-corrected chi connectivity index (χ3v) is 6.76. The van der Waals surface area contributed by atoms with Crippen LogP contribution in [0.25, 0.3) is 0 Å². The number of anilines is 1. The monoisotopic (exact) mass is 457 g/mol. The Morgan fingerprint density at radius 3 is 2.58 bits per heavy atom. The number of benzene rings is 1. The highest BCUT2D eigenvalue weighted by atomic mass is 32.1. The summed E-state index contributed by atoms with van der Waals surface area (Å²) in [5.74, 6) is -0.966. The highest BCUT2D eigenvalue weighted by Gasteiger charge is 2.47. The first-order valence-corrected chi connectivity index (χ1v) is 10.9. The van der Waals surface area contributed by atoms with Crippen LogP contribution < -0.4 is 14.4 Å². The Bertz CT molecular complexity index is 1200. The average Bonchev–Trinajstić information content (AvgIpc) is 3.46. The van der Waals surface area contributed by atoms with Crippen molar-refractivity contribution < 1.29 is 24.2 Å². The molecule has 0 aliphatic carbocycles. The molecular formula is C21H19N3O5S2. The van der Waals surface area contributed by atoms with Gasteiger partial charge in [-0.2, -0.15) is 0 Å². The number of hydrogen-bond donors (Lipinski definition) is 1. The van der Waals surface area contributed by atoms with Gasteiger partial charge in [-0.3, -0.25) is 14.5 Å². The molecule has 4 rings (SSSR count). The molecule has 0 bridgehead atoms. The minimum Gasteiger partial charge on any atom is -0.503 e. The SMILES string of the molecule is COc1cccc(C2C(C(=O)c3sc(C)nc3C)=C(O)C(=O)N2c2nccs2)c1OC. The minimum absolute atomic E-state index is 0.0431. The number of ketones is 1. The Morgan fingerprint density at radius 1 is 1.23 bits per heavy atom. The normalized spacial score (nSPS) is 16.2. The molecule has 1 amide bonds. The summed E-state index contributed by atoms with van der Waals surface area (Å²) in [6.07, 6.45) is 1.56. The molecule has 1 aliphatic rings. The molecular weight excluding hydrogens is 438 g/mol. The molecule has 3 heterocycles. The van der Waals surface area contributed by atoms with Crippen LogP contribution in [0.5, 0.6) is 11.5 Å². The van der Waals surface area contributed by atoms with Gasteiger partial charge in [-0.25, -0.2) is 9.97 Å². The van der Waals surface area contributed by atoms with E-state index in [2.05, 4.69) is 9.97 Å². The highest BCUT2D eigenvalue weighted by Crippen LogP contribution is 2.47. The Morgan fingerprint density at radius 2 is 2.00 bits per heavy atom. The summed E-state index contributed by atoms with van der Waals surface area (Å²) in [5.41, 5.74) is 1.000. The molecule has 8 nitrogen and oxygen atoms in total. The van der Waals surface area contributed by atoms with Crippen molar-refractivity contribution in [1.82, 2.24) is 9.97 Å². The van der Waals surface area contributed by atoms with Crippen LogP contribution in [0.2, 0.25) is 0 Å². The van der Waals surface area contributed by atoms with E-state index in [9.17, 15) is 14.7 Å². The third kappa shape index (κ3) is 3.37. The van der Waals surface area contributed by atoms with Gasteiger partial charge in [0, 0.05) is 17.1 Å². The lowest BCUT2D eigenvalue weighted by Crippen LogP contribution is -2.31. The van der Waals surface area contributed by atoms with Crippen molar-refractivity contribution in [3.63, 3.8) is 0 Å². The van der Waals surface area contributed by atoms with E-state index in [1.807, 2.05) is 0 Å². The number of aryl methyl sites for hydroxylation is 2. The second kappa shape index (κ2) is 8.12. The Labute approximate surface area is 186 Å². The van der Waals surface area contributed by atoms with Gasteiger partial charge >= 0.3 is 0 Å². The van der Waals surface area contributed by atoms with Crippen LogP contribution >= 0.6 is 22.7 Å². The fourth-order valence-corrected chi connectivity index (χ4v) is 5.20. The van der Waals surface area contributed by atoms with E-state index in [1.54, 1.807) is 43.6 Å². The van der Waals surface area contributed by atoms with Gasteiger partial charge in [-0.1, -0.05) is 12.1 Å². The molecule has 1 unspecified atom stereocenters. The first-order chi connectivity index (χ1) is 14.9. The predicted octanol–water partition coefficient (Wildman–Crippen LogP) is 4.02. The van der Waals surface area contributed by atoms with Gasteiger partial charge in [0.2, 0.25) is 5.78 Å². The van der Waals surface area contributed by atoms with Gasteiger partial charge in [0.15, 0.2) is 22.4 Å². The molecule has 1 aliphatic heterocycles. The largest absolute Gasteiger partial charge is 0.503 e. The maximum absolute atomic E-state index is 13.6. The quantitative estimate of drug-likeness (QED) is 0.558. The van der Waals surface area contributed by atoms with Gasteiger partial charge in [0.1, 0.15) is 6.04 Å². The zero-order chi connectivity index (χ0) is 22.3. The first-order valence-electron chi connectivity index (χ1n) is 9.24. The number of hydrogen-bond acceptors (Lipinski definition) is 9. The Balaban J connectivity index is 1.96. The molecule has 0 saturated heterocycles. The summed E-state index contributed by atoms with van der Waals surface area (Å²) in [4.78, 5) is 36.9. The zero-order valence-electron chi connectivity index (χ0n) is 17.2. The van der Waals surface area contributed by atoms with E-state index >= 15 is 0 Å². The molecule has 0 spiro atoms. The van der Waals surface area contributed by atoms with Crippen LogP contribution in [0.4, 0.5) is 5.13 Å². The van der Waals surface area contributed by atoms with E-state index in [4.69, 9.17) is 9.47 Å². The lowest BCUT2D eigenvalue weighted by atomic mass is 9.94. The van der Waals surface area contributed by atoms with Crippen molar-refractivity contribution in [3.8, 4) is 11.5 Å². The van der Waals surface area contributed by atoms with Gasteiger partial charge < -0.3 is 14.6 Å². The van der Waals surface area contributed by atoms with Gasteiger partial charge in [0.25, 0.3) is 5.91 Å². The van der Waals surface area contributed by atoms with Crippen molar-refractivity contribution >= 4 is 39.5 Å².